The third-order valence-corrected chi connectivity index (χ3v) is 5.40. The predicted octanol–water partition coefficient (Wildman–Crippen LogP) is 3.13. The lowest BCUT2D eigenvalue weighted by Gasteiger charge is -2.34. The molecule has 29 heavy (non-hydrogen) atoms. The van der Waals surface area contributed by atoms with Gasteiger partial charge < -0.3 is 9.64 Å². The summed E-state index contributed by atoms with van der Waals surface area (Å²) >= 11 is 0. The van der Waals surface area contributed by atoms with E-state index in [1.807, 2.05) is 29.2 Å². The fourth-order valence-corrected chi connectivity index (χ4v) is 3.85. The quantitative estimate of drug-likeness (QED) is 0.577. The second-order valence-corrected chi connectivity index (χ2v) is 7.26. The molecule has 0 unspecified atom stereocenters. The molecule has 0 saturated carbocycles. The Bertz CT molecular complexity index is 1140. The normalized spacial score (nSPS) is 17.2. The smallest absolute Gasteiger partial charge is 0.130 e. The Labute approximate surface area is 168 Å². The molecule has 0 aliphatic carbocycles. The lowest BCUT2D eigenvalue weighted by Crippen LogP contribution is -2.44. The molecule has 1 saturated heterocycles. The molecule has 1 fully saturated rings. The van der Waals surface area contributed by atoms with Gasteiger partial charge in [0, 0.05) is 42.6 Å². The first-order chi connectivity index (χ1) is 14.2. The van der Waals surface area contributed by atoms with Crippen LogP contribution < -0.4 is 4.90 Å². The summed E-state index contributed by atoms with van der Waals surface area (Å²) in [5.74, 6) is 0.932. The van der Waals surface area contributed by atoms with Gasteiger partial charge in [0.1, 0.15) is 17.0 Å². The fourth-order valence-electron chi connectivity index (χ4n) is 3.85. The van der Waals surface area contributed by atoms with Crippen molar-refractivity contribution in [3.8, 4) is 22.5 Å². The van der Waals surface area contributed by atoms with Gasteiger partial charge in [-0.1, -0.05) is 0 Å². The molecule has 0 bridgehead atoms. The first-order valence-corrected chi connectivity index (χ1v) is 9.91. The molecule has 1 aliphatic heterocycles. The van der Waals surface area contributed by atoms with Crippen LogP contribution in [-0.2, 0) is 11.3 Å². The number of nitrogens with zero attached hydrogens (tertiary/aromatic N) is 6. The molecule has 148 valence electrons. The van der Waals surface area contributed by atoms with E-state index < -0.39 is 0 Å². The molecule has 8 heteroatoms. The number of hydrogen-bond acceptors (Lipinski definition) is 6. The molecular formula is C21H23N7O. The third-order valence-electron chi connectivity index (χ3n) is 5.40. The van der Waals surface area contributed by atoms with Crippen molar-refractivity contribution >= 4 is 16.7 Å². The molecule has 8 nitrogen and oxygen atoms in total. The number of aryl methyl sites for hydroxylation is 1. The van der Waals surface area contributed by atoms with Gasteiger partial charge in [-0.3, -0.25) is 14.8 Å². The van der Waals surface area contributed by atoms with Crippen LogP contribution in [0.3, 0.4) is 0 Å². The van der Waals surface area contributed by atoms with Crippen LogP contribution in [0, 0.1) is 0 Å². The average Bonchev–Trinajstić information content (AvgIpc) is 3.45. The molecule has 4 aromatic rings. The zero-order valence-corrected chi connectivity index (χ0v) is 16.5. The van der Waals surface area contributed by atoms with E-state index in [4.69, 9.17) is 9.72 Å². The Morgan fingerprint density at radius 3 is 2.97 bits per heavy atom. The number of morpholine rings is 1. The number of aromatic amines is 1. The third kappa shape index (κ3) is 3.15. The number of rotatable bonds is 4. The van der Waals surface area contributed by atoms with Crippen molar-refractivity contribution in [2.75, 3.05) is 24.7 Å². The van der Waals surface area contributed by atoms with Gasteiger partial charge in [-0.25, -0.2) is 4.98 Å². The Morgan fingerprint density at radius 2 is 2.21 bits per heavy atom. The molecule has 0 aromatic carbocycles. The summed E-state index contributed by atoms with van der Waals surface area (Å²) in [5, 5.41) is 12.6. The SMILES string of the molecule is CCn1cc(-c2cc(N3CCOC[C@H]3C)nc3c(-c4ccn[nH]4)nccc23)cn1. The monoisotopic (exact) mass is 389 g/mol. The summed E-state index contributed by atoms with van der Waals surface area (Å²) in [4.78, 5) is 12.0. The molecule has 0 amide bonds. The first-order valence-electron chi connectivity index (χ1n) is 9.91. The molecule has 0 radical (unpaired) electrons. The number of anilines is 1. The van der Waals surface area contributed by atoms with E-state index in [-0.39, 0.29) is 6.04 Å². The van der Waals surface area contributed by atoms with Crippen molar-refractivity contribution in [1.29, 1.82) is 0 Å². The molecule has 1 N–H and O–H groups in total. The van der Waals surface area contributed by atoms with Crippen LogP contribution in [0.2, 0.25) is 0 Å². The minimum atomic E-state index is 0.257. The molecule has 1 atom stereocenters. The van der Waals surface area contributed by atoms with Gasteiger partial charge in [-0.15, -0.1) is 0 Å². The first kappa shape index (κ1) is 17.8. The van der Waals surface area contributed by atoms with Crippen LogP contribution in [0.5, 0.6) is 0 Å². The van der Waals surface area contributed by atoms with Gasteiger partial charge in [0.25, 0.3) is 0 Å². The summed E-state index contributed by atoms with van der Waals surface area (Å²) in [6, 6.07) is 6.36. The van der Waals surface area contributed by atoms with E-state index in [9.17, 15) is 0 Å². The van der Waals surface area contributed by atoms with Crippen molar-refractivity contribution in [2.45, 2.75) is 26.4 Å². The van der Waals surface area contributed by atoms with E-state index in [1.54, 1.807) is 6.20 Å². The maximum Gasteiger partial charge on any atom is 0.130 e. The van der Waals surface area contributed by atoms with Gasteiger partial charge in [0.05, 0.1) is 31.1 Å². The Hall–Kier alpha value is -3.26. The Morgan fingerprint density at radius 1 is 1.28 bits per heavy atom. The van der Waals surface area contributed by atoms with Gasteiger partial charge in [0.2, 0.25) is 0 Å². The summed E-state index contributed by atoms with van der Waals surface area (Å²) in [7, 11) is 0. The number of H-pyrrole nitrogens is 1. The second-order valence-electron chi connectivity index (χ2n) is 7.26. The van der Waals surface area contributed by atoms with E-state index >= 15 is 0 Å². The zero-order chi connectivity index (χ0) is 19.8. The molecule has 5 rings (SSSR count). The summed E-state index contributed by atoms with van der Waals surface area (Å²) in [6.45, 7) is 7.29. The second kappa shape index (κ2) is 7.29. The highest BCUT2D eigenvalue weighted by Gasteiger charge is 2.23. The Kier molecular flexibility index (Phi) is 4.48. The summed E-state index contributed by atoms with van der Waals surface area (Å²) in [5.41, 5.74) is 4.68. The summed E-state index contributed by atoms with van der Waals surface area (Å²) < 4.78 is 7.57. The maximum atomic E-state index is 5.63. The molecule has 1 aliphatic rings. The zero-order valence-electron chi connectivity index (χ0n) is 16.5. The highest BCUT2D eigenvalue weighted by molar-refractivity contribution is 6.01. The fraction of sp³-hybridized carbons (Fsp3) is 0.333. The van der Waals surface area contributed by atoms with E-state index in [2.05, 4.69) is 51.3 Å². The molecule has 0 spiro atoms. The maximum absolute atomic E-state index is 5.63. The van der Waals surface area contributed by atoms with Gasteiger partial charge in [-0.05, 0) is 37.6 Å². The number of fused-ring (bicyclic) bond motifs is 1. The van der Waals surface area contributed by atoms with Crippen LogP contribution in [0.1, 0.15) is 13.8 Å². The highest BCUT2D eigenvalue weighted by Crippen LogP contribution is 2.35. The van der Waals surface area contributed by atoms with Crippen LogP contribution in [0.4, 0.5) is 5.82 Å². The van der Waals surface area contributed by atoms with Crippen molar-refractivity contribution in [3.63, 3.8) is 0 Å². The lowest BCUT2D eigenvalue weighted by molar-refractivity contribution is 0.0986. The number of pyridine rings is 2. The van der Waals surface area contributed by atoms with Crippen LogP contribution in [0.25, 0.3) is 33.4 Å². The number of ether oxygens (including phenoxy) is 1. The van der Waals surface area contributed by atoms with Crippen LogP contribution in [0.15, 0.2) is 43.0 Å². The minimum Gasteiger partial charge on any atom is -0.377 e. The minimum absolute atomic E-state index is 0.257. The lowest BCUT2D eigenvalue weighted by atomic mass is 10.0. The molecule has 5 heterocycles. The van der Waals surface area contributed by atoms with E-state index in [1.165, 1.54) is 0 Å². The van der Waals surface area contributed by atoms with Crippen LogP contribution in [-0.4, -0.2) is 55.7 Å². The molecular weight excluding hydrogens is 366 g/mol. The Balaban J connectivity index is 1.76. The van der Waals surface area contributed by atoms with Crippen molar-refractivity contribution in [1.82, 2.24) is 29.9 Å². The number of nitrogens with one attached hydrogen (secondary N) is 1. The van der Waals surface area contributed by atoms with E-state index in [0.717, 1.165) is 52.3 Å². The highest BCUT2D eigenvalue weighted by atomic mass is 16.5. The number of aromatic nitrogens is 6. The topological polar surface area (TPSA) is 84.8 Å². The van der Waals surface area contributed by atoms with Gasteiger partial charge in [0.15, 0.2) is 0 Å². The van der Waals surface area contributed by atoms with Gasteiger partial charge >= 0.3 is 0 Å². The largest absolute Gasteiger partial charge is 0.377 e. The van der Waals surface area contributed by atoms with Gasteiger partial charge in [-0.2, -0.15) is 10.2 Å². The average molecular weight is 389 g/mol. The van der Waals surface area contributed by atoms with Crippen LogP contribution >= 0.6 is 0 Å². The summed E-state index contributed by atoms with van der Waals surface area (Å²) in [6.07, 6.45) is 7.56. The van der Waals surface area contributed by atoms with Crippen molar-refractivity contribution < 1.29 is 4.74 Å². The van der Waals surface area contributed by atoms with Crippen molar-refractivity contribution in [2.24, 2.45) is 0 Å². The van der Waals surface area contributed by atoms with Crippen molar-refractivity contribution in [3.05, 3.63) is 43.0 Å². The molecule has 4 aromatic heterocycles. The standard InChI is InChI=1S/C21H23N7O/c1-3-27-12-15(11-24-27)17-10-19(28-8-9-29-13-14(28)2)25-20-16(17)4-6-22-21(20)18-5-7-23-26-18/h4-7,10-12,14H,3,8-9,13H2,1-2H3,(H,23,26)/t14-/m1/s1. The predicted molar refractivity (Wildman–Crippen MR) is 112 cm³/mol. The number of hydrogen-bond donors (Lipinski definition) is 1. The van der Waals surface area contributed by atoms with E-state index in [0.29, 0.717) is 13.2 Å².